The van der Waals surface area contributed by atoms with Crippen LogP contribution in [0.4, 0.5) is 0 Å². The monoisotopic (exact) mass is 279 g/mol. The van der Waals surface area contributed by atoms with Crippen LogP contribution in [0.5, 0.6) is 0 Å². The second-order valence-electron chi connectivity index (χ2n) is 4.22. The molecule has 0 aromatic carbocycles. The quantitative estimate of drug-likeness (QED) is 0.880. The van der Waals surface area contributed by atoms with Crippen molar-refractivity contribution in [1.82, 2.24) is 5.32 Å². The van der Waals surface area contributed by atoms with E-state index in [0.717, 1.165) is 18.2 Å². The van der Waals surface area contributed by atoms with Gasteiger partial charge in [0, 0.05) is 12.1 Å². The zero-order valence-electron chi connectivity index (χ0n) is 10.3. The van der Waals surface area contributed by atoms with Crippen LogP contribution in [-0.2, 0) is 6.42 Å². The van der Waals surface area contributed by atoms with Gasteiger partial charge in [0.05, 0.1) is 5.56 Å². The molecule has 0 aliphatic heterocycles. The lowest BCUT2D eigenvalue weighted by Gasteiger charge is -2.11. The highest BCUT2D eigenvalue weighted by Gasteiger charge is 2.16. The number of thiophene rings is 1. The highest BCUT2D eigenvalue weighted by atomic mass is 32.1. The number of carboxylic acids is 1. The van der Waals surface area contributed by atoms with Crippen LogP contribution < -0.4 is 5.32 Å². The van der Waals surface area contributed by atoms with Gasteiger partial charge in [-0.05, 0) is 35.7 Å². The Kier molecular flexibility index (Phi) is 4.01. The Labute approximate surface area is 113 Å². The van der Waals surface area contributed by atoms with Gasteiger partial charge in [0.1, 0.15) is 6.26 Å². The Morgan fingerprint density at radius 3 is 2.89 bits per heavy atom. The fourth-order valence-corrected chi connectivity index (χ4v) is 2.36. The summed E-state index contributed by atoms with van der Waals surface area (Å²) in [5.74, 6) is -1.51. The van der Waals surface area contributed by atoms with Gasteiger partial charge in [0.2, 0.25) is 0 Å². The van der Waals surface area contributed by atoms with E-state index in [9.17, 15) is 9.59 Å². The fourth-order valence-electron chi connectivity index (χ4n) is 1.68. The first-order chi connectivity index (χ1) is 9.06. The van der Waals surface area contributed by atoms with Crippen LogP contribution in [0.3, 0.4) is 0 Å². The lowest BCUT2D eigenvalue weighted by molar-refractivity contribution is 0.0695. The number of rotatable bonds is 5. The summed E-state index contributed by atoms with van der Waals surface area (Å²) in [6.45, 7) is 1.89. The average molecular weight is 279 g/mol. The van der Waals surface area contributed by atoms with Gasteiger partial charge in [0.25, 0.3) is 5.91 Å². The Morgan fingerprint density at radius 1 is 1.53 bits per heavy atom. The first-order valence-electron chi connectivity index (χ1n) is 5.70. The Balaban J connectivity index is 1.94. The molecule has 0 fully saturated rings. The number of amides is 1. The summed E-state index contributed by atoms with van der Waals surface area (Å²) in [5.41, 5.74) is 1.12. The maximum atomic E-state index is 11.8. The Morgan fingerprint density at radius 2 is 2.32 bits per heavy atom. The summed E-state index contributed by atoms with van der Waals surface area (Å²) < 4.78 is 4.93. The van der Waals surface area contributed by atoms with Crippen molar-refractivity contribution >= 4 is 23.2 Å². The summed E-state index contributed by atoms with van der Waals surface area (Å²) in [6, 6.07) is 3.16. The van der Waals surface area contributed by atoms with Gasteiger partial charge in [-0.1, -0.05) is 0 Å². The topological polar surface area (TPSA) is 79.5 Å². The first kappa shape index (κ1) is 13.4. The molecule has 1 amide bonds. The predicted molar refractivity (Wildman–Crippen MR) is 70.6 cm³/mol. The van der Waals surface area contributed by atoms with Crippen molar-refractivity contribution in [2.45, 2.75) is 19.4 Å². The standard InChI is InChI=1S/C13H13NO4S/c1-8(4-9-2-3-19-7-9)14-12(15)11-5-10(6-18-11)13(16)17/h2-3,5-8H,4H2,1H3,(H,14,15)(H,16,17). The van der Waals surface area contributed by atoms with Crippen molar-refractivity contribution in [1.29, 1.82) is 0 Å². The van der Waals surface area contributed by atoms with E-state index in [-0.39, 0.29) is 17.4 Å². The molecule has 0 saturated heterocycles. The Hall–Kier alpha value is -2.08. The van der Waals surface area contributed by atoms with E-state index in [2.05, 4.69) is 5.32 Å². The second-order valence-corrected chi connectivity index (χ2v) is 5.00. The largest absolute Gasteiger partial charge is 0.478 e. The minimum absolute atomic E-state index is 0.00886. The van der Waals surface area contributed by atoms with E-state index in [0.29, 0.717) is 0 Å². The third kappa shape index (κ3) is 3.45. The van der Waals surface area contributed by atoms with Gasteiger partial charge in [-0.3, -0.25) is 4.79 Å². The third-order valence-corrected chi connectivity index (χ3v) is 3.30. The molecule has 1 unspecified atom stereocenters. The van der Waals surface area contributed by atoms with Gasteiger partial charge in [-0.15, -0.1) is 0 Å². The number of furan rings is 1. The number of carboxylic acid groups (broad SMARTS) is 1. The SMILES string of the molecule is CC(Cc1ccsc1)NC(=O)c1cc(C(=O)O)co1. The molecule has 0 aliphatic carbocycles. The van der Waals surface area contributed by atoms with Crippen LogP contribution in [-0.4, -0.2) is 23.0 Å². The molecule has 2 rings (SSSR count). The summed E-state index contributed by atoms with van der Waals surface area (Å²) >= 11 is 1.61. The van der Waals surface area contributed by atoms with Crippen molar-refractivity contribution in [2.24, 2.45) is 0 Å². The van der Waals surface area contributed by atoms with Gasteiger partial charge in [-0.2, -0.15) is 11.3 Å². The van der Waals surface area contributed by atoms with Crippen molar-refractivity contribution in [3.8, 4) is 0 Å². The van der Waals surface area contributed by atoms with Crippen LogP contribution >= 0.6 is 11.3 Å². The van der Waals surface area contributed by atoms with Crippen molar-refractivity contribution < 1.29 is 19.1 Å². The molecule has 19 heavy (non-hydrogen) atoms. The van der Waals surface area contributed by atoms with Crippen LogP contribution in [0.2, 0.25) is 0 Å². The molecule has 2 aromatic heterocycles. The van der Waals surface area contributed by atoms with Gasteiger partial charge >= 0.3 is 5.97 Å². The van der Waals surface area contributed by atoms with E-state index in [1.807, 2.05) is 23.8 Å². The van der Waals surface area contributed by atoms with Gasteiger partial charge < -0.3 is 14.8 Å². The normalized spacial score (nSPS) is 12.1. The minimum Gasteiger partial charge on any atom is -0.478 e. The smallest absolute Gasteiger partial charge is 0.338 e. The van der Waals surface area contributed by atoms with E-state index in [1.165, 1.54) is 6.07 Å². The minimum atomic E-state index is -1.12. The first-order valence-corrected chi connectivity index (χ1v) is 6.64. The highest BCUT2D eigenvalue weighted by Crippen LogP contribution is 2.10. The third-order valence-electron chi connectivity index (χ3n) is 2.57. The lowest BCUT2D eigenvalue weighted by Crippen LogP contribution is -2.33. The molecule has 0 bridgehead atoms. The molecule has 2 aromatic rings. The van der Waals surface area contributed by atoms with Crippen molar-refractivity contribution in [3.05, 3.63) is 46.0 Å². The maximum Gasteiger partial charge on any atom is 0.338 e. The van der Waals surface area contributed by atoms with Crippen LogP contribution in [0.1, 0.15) is 33.4 Å². The van der Waals surface area contributed by atoms with Crippen LogP contribution in [0.15, 0.2) is 33.6 Å². The van der Waals surface area contributed by atoms with E-state index >= 15 is 0 Å². The molecular weight excluding hydrogens is 266 g/mol. The summed E-state index contributed by atoms with van der Waals surface area (Å²) in [6.07, 6.45) is 1.78. The number of carbonyl (C=O) groups excluding carboxylic acids is 1. The predicted octanol–water partition coefficient (Wildman–Crippen LogP) is 2.40. The second kappa shape index (κ2) is 5.71. The molecule has 0 aliphatic rings. The van der Waals surface area contributed by atoms with E-state index < -0.39 is 11.9 Å². The average Bonchev–Trinajstić information content (AvgIpc) is 2.98. The zero-order chi connectivity index (χ0) is 13.8. The Bertz CT molecular complexity index is 573. The molecule has 0 saturated carbocycles. The number of nitrogens with one attached hydrogen (secondary N) is 1. The van der Waals surface area contributed by atoms with E-state index in [1.54, 1.807) is 11.3 Å². The molecule has 100 valence electrons. The highest BCUT2D eigenvalue weighted by molar-refractivity contribution is 7.07. The van der Waals surface area contributed by atoms with Crippen LogP contribution in [0, 0.1) is 0 Å². The number of carbonyl (C=O) groups is 2. The van der Waals surface area contributed by atoms with Gasteiger partial charge in [-0.25, -0.2) is 4.79 Å². The molecule has 0 spiro atoms. The summed E-state index contributed by atoms with van der Waals surface area (Å²) in [4.78, 5) is 22.5. The molecular formula is C13H13NO4S. The van der Waals surface area contributed by atoms with Crippen molar-refractivity contribution in [3.63, 3.8) is 0 Å². The zero-order valence-corrected chi connectivity index (χ0v) is 11.1. The summed E-state index contributed by atoms with van der Waals surface area (Å²) in [5, 5.41) is 15.5. The number of aromatic carboxylic acids is 1. The van der Waals surface area contributed by atoms with Crippen molar-refractivity contribution in [2.75, 3.05) is 0 Å². The van der Waals surface area contributed by atoms with E-state index in [4.69, 9.17) is 9.52 Å². The maximum absolute atomic E-state index is 11.8. The number of hydrogen-bond acceptors (Lipinski definition) is 4. The molecule has 6 heteroatoms. The fraction of sp³-hybridized carbons (Fsp3) is 0.231. The molecule has 1 atom stereocenters. The molecule has 0 radical (unpaired) electrons. The molecule has 2 N–H and O–H groups in total. The molecule has 5 nitrogen and oxygen atoms in total. The van der Waals surface area contributed by atoms with Gasteiger partial charge in [0.15, 0.2) is 5.76 Å². The number of hydrogen-bond donors (Lipinski definition) is 2. The molecule has 2 heterocycles. The lowest BCUT2D eigenvalue weighted by atomic mass is 10.1. The summed E-state index contributed by atoms with van der Waals surface area (Å²) in [7, 11) is 0. The van der Waals surface area contributed by atoms with Crippen LogP contribution in [0.25, 0.3) is 0 Å².